The first-order valence-corrected chi connectivity index (χ1v) is 13.1. The van der Waals surface area contributed by atoms with E-state index in [1.54, 1.807) is 48.5 Å². The summed E-state index contributed by atoms with van der Waals surface area (Å²) in [7, 11) is 0. The van der Waals surface area contributed by atoms with Crippen LogP contribution >= 0.6 is 0 Å². The van der Waals surface area contributed by atoms with Crippen LogP contribution in [0.4, 0.5) is 0 Å². The molecule has 2 aromatic carbocycles. The molecule has 0 fully saturated rings. The van der Waals surface area contributed by atoms with Gasteiger partial charge in [-0.05, 0) is 64.1 Å². The SMILES string of the molecule is C/C1=C\C=C(/C)CNC(=O)c2cccc(c2)C(=O)NC/C(C)=C/C=C(\C)CNC(=O)c2cccc(c2)C(=O)NC1. The van der Waals surface area contributed by atoms with Gasteiger partial charge in [-0.25, -0.2) is 0 Å². The van der Waals surface area contributed by atoms with E-state index in [4.69, 9.17) is 0 Å². The van der Waals surface area contributed by atoms with Crippen molar-refractivity contribution in [2.45, 2.75) is 27.7 Å². The number of benzene rings is 2. The molecule has 4 N–H and O–H groups in total. The molecular weight excluding hydrogens is 504 g/mol. The van der Waals surface area contributed by atoms with Crippen molar-refractivity contribution in [3.8, 4) is 0 Å². The van der Waals surface area contributed by atoms with E-state index in [0.29, 0.717) is 48.4 Å². The zero-order valence-corrected chi connectivity index (χ0v) is 23.4. The van der Waals surface area contributed by atoms with Gasteiger partial charge in [-0.3, -0.25) is 19.2 Å². The summed E-state index contributed by atoms with van der Waals surface area (Å²) >= 11 is 0. The molecule has 0 aliphatic carbocycles. The largest absolute Gasteiger partial charge is 0.348 e. The molecule has 208 valence electrons. The maximum absolute atomic E-state index is 12.7. The Bertz CT molecular complexity index is 1210. The van der Waals surface area contributed by atoms with Crippen LogP contribution in [0.1, 0.15) is 69.1 Å². The maximum atomic E-state index is 12.7. The third-order valence-electron chi connectivity index (χ3n) is 6.19. The Labute approximate surface area is 235 Å². The normalized spacial score (nSPS) is 21.9. The third-order valence-corrected chi connectivity index (χ3v) is 6.19. The summed E-state index contributed by atoms with van der Waals surface area (Å²) in [5, 5.41) is 11.5. The highest BCUT2D eigenvalue weighted by molar-refractivity contribution is 6.00. The number of allylic oxidation sites excluding steroid dienone is 4. The zero-order valence-electron chi connectivity index (χ0n) is 23.4. The second-order valence-corrected chi connectivity index (χ2v) is 9.94. The van der Waals surface area contributed by atoms with Crippen molar-refractivity contribution in [3.63, 3.8) is 0 Å². The lowest BCUT2D eigenvalue weighted by Crippen LogP contribution is -2.27. The molecule has 0 radical (unpaired) electrons. The molecule has 0 saturated heterocycles. The second-order valence-electron chi connectivity index (χ2n) is 9.94. The number of carbonyl (C=O) groups excluding carboxylic acids is 4. The van der Waals surface area contributed by atoms with Crippen LogP contribution in [-0.2, 0) is 0 Å². The third kappa shape index (κ3) is 9.23. The van der Waals surface area contributed by atoms with Crippen molar-refractivity contribution >= 4 is 23.6 Å². The van der Waals surface area contributed by atoms with Gasteiger partial charge in [0.2, 0.25) is 0 Å². The van der Waals surface area contributed by atoms with Crippen molar-refractivity contribution in [1.29, 1.82) is 0 Å². The van der Waals surface area contributed by atoms with Gasteiger partial charge in [-0.15, -0.1) is 0 Å². The van der Waals surface area contributed by atoms with E-state index in [0.717, 1.165) is 22.3 Å². The molecule has 0 saturated carbocycles. The fourth-order valence-corrected chi connectivity index (χ4v) is 3.70. The standard InChI is InChI=1S/C32H36N4O4/c1-21-11-12-22(2)18-34-30(38)27-9-6-10-28(16-27)32(40)36-20-24(4)14-13-23(3)19-35-31(39)26-8-5-7-25(15-26)29(37)33-17-21/h5-16H,17-20H2,1-4H3,(H,33,37)(H,34,38)(H,35,39)(H,36,40)/b21-11+,22-12+,23-13+,24-14+. The number of rotatable bonds is 0. The van der Waals surface area contributed by atoms with Crippen LogP contribution in [0.2, 0.25) is 0 Å². The number of carbonyl (C=O) groups is 4. The monoisotopic (exact) mass is 540 g/mol. The molecule has 8 heteroatoms. The van der Waals surface area contributed by atoms with Gasteiger partial charge >= 0.3 is 0 Å². The predicted octanol–water partition coefficient (Wildman–Crippen LogP) is 4.10. The van der Waals surface area contributed by atoms with Crippen molar-refractivity contribution in [3.05, 3.63) is 117 Å². The Morgan fingerprint density at radius 1 is 0.425 bits per heavy atom. The van der Waals surface area contributed by atoms with E-state index in [9.17, 15) is 19.2 Å². The Kier molecular flexibility index (Phi) is 10.8. The van der Waals surface area contributed by atoms with Gasteiger partial charge in [0.1, 0.15) is 0 Å². The molecule has 0 spiro atoms. The molecule has 0 atom stereocenters. The smallest absolute Gasteiger partial charge is 0.251 e. The van der Waals surface area contributed by atoms with E-state index in [1.807, 2.05) is 52.0 Å². The molecule has 1 aliphatic rings. The summed E-state index contributed by atoms with van der Waals surface area (Å²) in [4.78, 5) is 50.8. The molecule has 40 heavy (non-hydrogen) atoms. The quantitative estimate of drug-likeness (QED) is 0.403. The van der Waals surface area contributed by atoms with Crippen LogP contribution in [0.3, 0.4) is 0 Å². The lowest BCUT2D eigenvalue weighted by Gasteiger charge is -2.10. The van der Waals surface area contributed by atoms with Crippen LogP contribution < -0.4 is 21.3 Å². The molecule has 0 aromatic heterocycles. The van der Waals surface area contributed by atoms with Crippen molar-refractivity contribution in [1.82, 2.24) is 21.3 Å². The summed E-state index contributed by atoms with van der Waals surface area (Å²) in [6, 6.07) is 13.2. The maximum Gasteiger partial charge on any atom is 0.251 e. The minimum absolute atomic E-state index is 0.275. The highest BCUT2D eigenvalue weighted by Gasteiger charge is 2.12. The van der Waals surface area contributed by atoms with Crippen LogP contribution in [0.5, 0.6) is 0 Å². The predicted molar refractivity (Wildman–Crippen MR) is 157 cm³/mol. The van der Waals surface area contributed by atoms with Gasteiger partial charge in [0.25, 0.3) is 23.6 Å². The Balaban J connectivity index is 1.82. The number of amides is 4. The lowest BCUT2D eigenvalue weighted by molar-refractivity contribution is 0.0941. The van der Waals surface area contributed by atoms with E-state index in [1.165, 1.54) is 0 Å². The van der Waals surface area contributed by atoms with E-state index >= 15 is 0 Å². The molecule has 1 aliphatic heterocycles. The number of fused-ring (bicyclic) bond motifs is 4. The topological polar surface area (TPSA) is 116 Å². The summed E-state index contributed by atoms with van der Waals surface area (Å²) in [5.41, 5.74) is 5.25. The zero-order chi connectivity index (χ0) is 29.1. The highest BCUT2D eigenvalue weighted by Crippen LogP contribution is 2.08. The van der Waals surface area contributed by atoms with Gasteiger partial charge in [0.15, 0.2) is 0 Å². The minimum Gasteiger partial charge on any atom is -0.348 e. The van der Waals surface area contributed by atoms with Crippen molar-refractivity contribution < 1.29 is 19.2 Å². The lowest BCUT2D eigenvalue weighted by atomic mass is 10.1. The molecule has 2 aromatic rings. The van der Waals surface area contributed by atoms with E-state index < -0.39 is 0 Å². The molecular formula is C32H36N4O4. The molecule has 3 rings (SSSR count). The first kappa shape index (κ1) is 29.8. The minimum atomic E-state index is -0.275. The summed E-state index contributed by atoms with van der Waals surface area (Å²) in [5.74, 6) is -1.10. The first-order valence-electron chi connectivity index (χ1n) is 13.1. The van der Waals surface area contributed by atoms with Gasteiger partial charge < -0.3 is 21.3 Å². The Morgan fingerprint density at radius 2 is 0.650 bits per heavy atom. The van der Waals surface area contributed by atoms with Crippen LogP contribution in [0, 0.1) is 0 Å². The average Bonchev–Trinajstić information content (AvgIpc) is 2.97. The van der Waals surface area contributed by atoms with Gasteiger partial charge in [-0.2, -0.15) is 0 Å². The molecule has 4 amide bonds. The van der Waals surface area contributed by atoms with Gasteiger partial charge in [0.05, 0.1) is 0 Å². The van der Waals surface area contributed by atoms with Crippen LogP contribution in [0.25, 0.3) is 0 Å². The van der Waals surface area contributed by atoms with Crippen molar-refractivity contribution in [2.75, 3.05) is 26.2 Å². The summed E-state index contributed by atoms with van der Waals surface area (Å²) in [6.45, 7) is 8.90. The number of hydrogen-bond donors (Lipinski definition) is 4. The van der Waals surface area contributed by atoms with Gasteiger partial charge in [0, 0.05) is 48.4 Å². The molecule has 4 bridgehead atoms. The summed E-state index contributed by atoms with van der Waals surface area (Å²) < 4.78 is 0. The summed E-state index contributed by atoms with van der Waals surface area (Å²) in [6.07, 6.45) is 7.53. The van der Waals surface area contributed by atoms with Crippen molar-refractivity contribution in [2.24, 2.45) is 0 Å². The van der Waals surface area contributed by atoms with Crippen LogP contribution in [0.15, 0.2) is 95.1 Å². The van der Waals surface area contributed by atoms with E-state index in [-0.39, 0.29) is 23.6 Å². The van der Waals surface area contributed by atoms with Gasteiger partial charge in [-0.1, -0.05) is 58.7 Å². The molecule has 0 unspecified atom stereocenters. The average molecular weight is 541 g/mol. The fourth-order valence-electron chi connectivity index (χ4n) is 3.70. The van der Waals surface area contributed by atoms with Crippen LogP contribution in [-0.4, -0.2) is 49.8 Å². The molecule has 8 nitrogen and oxygen atoms in total. The Hall–Kier alpha value is -4.72. The fraction of sp³-hybridized carbons (Fsp3) is 0.250. The number of nitrogens with one attached hydrogen (secondary N) is 4. The second kappa shape index (κ2) is 14.4. The Morgan fingerprint density at radius 3 is 0.875 bits per heavy atom. The first-order chi connectivity index (χ1) is 19.1. The number of hydrogen-bond acceptors (Lipinski definition) is 4. The highest BCUT2D eigenvalue weighted by atomic mass is 16.2. The van der Waals surface area contributed by atoms with E-state index in [2.05, 4.69) is 21.3 Å². The molecule has 1 heterocycles.